The average molecular weight is 300 g/mol. The molecular formula is C21H18NO. The summed E-state index contributed by atoms with van der Waals surface area (Å²) in [5.74, 6) is -0.318. The van der Waals surface area contributed by atoms with Crippen LogP contribution in [0.5, 0.6) is 0 Å². The molecule has 0 aliphatic rings. The molecule has 0 fully saturated rings. The van der Waals surface area contributed by atoms with E-state index >= 15 is 0 Å². The summed E-state index contributed by atoms with van der Waals surface area (Å²) in [5.41, 5.74) is 2.22. The van der Waals surface area contributed by atoms with Gasteiger partial charge in [0.25, 0.3) is 0 Å². The molecule has 0 aliphatic heterocycles. The number of hydrogen-bond donors (Lipinski definition) is 1. The molecule has 1 N–H and O–H groups in total. The molecule has 2 heteroatoms. The van der Waals surface area contributed by atoms with Gasteiger partial charge in [0, 0.05) is 6.92 Å². The first-order valence-corrected chi connectivity index (χ1v) is 7.54. The van der Waals surface area contributed by atoms with E-state index in [1.54, 1.807) is 0 Å². The molecule has 23 heavy (non-hydrogen) atoms. The van der Waals surface area contributed by atoms with Crippen LogP contribution in [0.15, 0.2) is 91.0 Å². The summed E-state index contributed by atoms with van der Waals surface area (Å²) >= 11 is 0. The maximum absolute atomic E-state index is 12.0. The van der Waals surface area contributed by atoms with Gasteiger partial charge >= 0.3 is 0 Å². The Morgan fingerprint density at radius 1 is 0.652 bits per heavy atom. The first-order chi connectivity index (χ1) is 11.2. The van der Waals surface area contributed by atoms with Gasteiger partial charge in [0.15, 0.2) is 0 Å². The summed E-state index contributed by atoms with van der Waals surface area (Å²) in [4.78, 5) is 12.0. The molecule has 0 heterocycles. The van der Waals surface area contributed by atoms with E-state index in [-0.39, 0.29) is 5.91 Å². The van der Waals surface area contributed by atoms with Crippen molar-refractivity contribution in [1.82, 2.24) is 5.32 Å². The maximum Gasteiger partial charge on any atom is 0.221 e. The van der Waals surface area contributed by atoms with Crippen molar-refractivity contribution >= 4 is 5.91 Å². The van der Waals surface area contributed by atoms with E-state index in [0.29, 0.717) is 0 Å². The zero-order valence-corrected chi connectivity index (χ0v) is 12.8. The molecular weight excluding hydrogens is 282 g/mol. The molecule has 0 saturated heterocycles. The lowest BCUT2D eigenvalue weighted by Crippen LogP contribution is -2.47. The van der Waals surface area contributed by atoms with Gasteiger partial charge in [-0.15, -0.1) is 0 Å². The van der Waals surface area contributed by atoms with Crippen molar-refractivity contribution in [3.8, 4) is 0 Å². The molecule has 0 bridgehead atoms. The Hall–Kier alpha value is -2.87. The third kappa shape index (κ3) is 2.88. The number of amides is 1. The van der Waals surface area contributed by atoms with Crippen LogP contribution in [0.1, 0.15) is 16.7 Å². The number of hydrogen-bond acceptors (Lipinski definition) is 1. The first kappa shape index (κ1) is 15.0. The zero-order valence-electron chi connectivity index (χ0n) is 12.8. The van der Waals surface area contributed by atoms with Gasteiger partial charge in [0.05, 0.1) is 0 Å². The second kappa shape index (κ2) is 6.49. The number of carbonyl (C=O) groups is 1. The normalized spacial score (nSPS) is 11.0. The van der Waals surface area contributed by atoms with Crippen molar-refractivity contribution < 1.29 is 4.79 Å². The van der Waals surface area contributed by atoms with Crippen LogP contribution in [0.4, 0.5) is 0 Å². The molecule has 1 amide bonds. The Kier molecular flexibility index (Phi) is 4.24. The third-order valence-corrected chi connectivity index (χ3v) is 3.95. The van der Waals surface area contributed by atoms with E-state index in [9.17, 15) is 4.79 Å². The molecule has 0 unspecified atom stereocenters. The largest absolute Gasteiger partial charge is 0.338 e. The fourth-order valence-electron chi connectivity index (χ4n) is 2.99. The van der Waals surface area contributed by atoms with Crippen LogP contribution in [0, 0.1) is 6.92 Å². The van der Waals surface area contributed by atoms with Crippen LogP contribution in [0.2, 0.25) is 0 Å². The second-order valence-corrected chi connectivity index (χ2v) is 5.40. The van der Waals surface area contributed by atoms with Crippen molar-refractivity contribution in [2.45, 2.75) is 5.54 Å². The fourth-order valence-corrected chi connectivity index (χ4v) is 2.99. The summed E-state index contributed by atoms with van der Waals surface area (Å²) in [6.45, 7) is 3.55. The van der Waals surface area contributed by atoms with Crippen molar-refractivity contribution in [3.63, 3.8) is 0 Å². The summed E-state index contributed by atoms with van der Waals surface area (Å²) in [5, 5.41) is 3.09. The van der Waals surface area contributed by atoms with Crippen molar-refractivity contribution in [2.75, 3.05) is 0 Å². The predicted octanol–water partition coefficient (Wildman–Crippen LogP) is 3.93. The molecule has 0 aliphatic carbocycles. The lowest BCUT2D eigenvalue weighted by Gasteiger charge is -2.36. The molecule has 1 radical (unpaired) electrons. The third-order valence-electron chi connectivity index (χ3n) is 3.95. The summed E-state index contributed by atoms with van der Waals surface area (Å²) < 4.78 is 0. The quantitative estimate of drug-likeness (QED) is 0.727. The van der Waals surface area contributed by atoms with Crippen LogP contribution in [0.25, 0.3) is 0 Å². The molecule has 113 valence electrons. The standard InChI is InChI=1S/C21H18NO/c1-17(23)22-21(18-11-5-2-6-12-18,19-13-7-3-8-14-19)20-15-9-4-10-16-20/h2-16H,1H2,(H,22,23). The van der Waals surface area contributed by atoms with Gasteiger partial charge in [-0.05, 0) is 16.7 Å². The summed E-state index contributed by atoms with van der Waals surface area (Å²) in [6, 6.07) is 29.9. The Bertz CT molecular complexity index is 670. The molecule has 3 aromatic rings. The van der Waals surface area contributed by atoms with Crippen LogP contribution in [-0.2, 0) is 10.3 Å². The van der Waals surface area contributed by atoms with E-state index < -0.39 is 5.54 Å². The van der Waals surface area contributed by atoms with Crippen LogP contribution in [-0.4, -0.2) is 5.91 Å². The Balaban J connectivity index is 2.32. The second-order valence-electron chi connectivity index (χ2n) is 5.40. The smallest absolute Gasteiger partial charge is 0.221 e. The highest BCUT2D eigenvalue weighted by atomic mass is 16.1. The Labute approximate surface area is 136 Å². The van der Waals surface area contributed by atoms with Gasteiger partial charge in [0.2, 0.25) is 5.91 Å². The lowest BCUT2D eigenvalue weighted by atomic mass is 9.77. The van der Waals surface area contributed by atoms with Crippen LogP contribution in [0.3, 0.4) is 0 Å². The number of rotatable bonds is 4. The predicted molar refractivity (Wildman–Crippen MR) is 92.7 cm³/mol. The van der Waals surface area contributed by atoms with E-state index in [1.165, 1.54) is 0 Å². The van der Waals surface area contributed by atoms with Crippen molar-refractivity contribution in [2.24, 2.45) is 0 Å². The van der Waals surface area contributed by atoms with Gasteiger partial charge in [0.1, 0.15) is 5.54 Å². The maximum atomic E-state index is 12.0. The fraction of sp³-hybridized carbons (Fsp3) is 0.0476. The molecule has 0 saturated carbocycles. The number of benzene rings is 3. The Morgan fingerprint density at radius 2 is 0.957 bits per heavy atom. The summed E-state index contributed by atoms with van der Waals surface area (Å²) in [7, 11) is 0. The van der Waals surface area contributed by atoms with Crippen LogP contribution >= 0.6 is 0 Å². The lowest BCUT2D eigenvalue weighted by molar-refractivity contribution is -0.117. The monoisotopic (exact) mass is 300 g/mol. The van der Waals surface area contributed by atoms with Crippen molar-refractivity contribution in [1.29, 1.82) is 0 Å². The topological polar surface area (TPSA) is 29.1 Å². The molecule has 3 rings (SSSR count). The highest BCUT2D eigenvalue weighted by Gasteiger charge is 2.36. The van der Waals surface area contributed by atoms with Gasteiger partial charge in [-0.1, -0.05) is 91.0 Å². The minimum Gasteiger partial charge on any atom is -0.338 e. The van der Waals surface area contributed by atoms with E-state index in [2.05, 4.69) is 12.2 Å². The van der Waals surface area contributed by atoms with Crippen LogP contribution < -0.4 is 5.32 Å². The minimum atomic E-state index is -0.761. The highest BCUT2D eigenvalue weighted by molar-refractivity contribution is 5.82. The molecule has 0 aromatic heterocycles. The van der Waals surface area contributed by atoms with Gasteiger partial charge in [-0.25, -0.2) is 0 Å². The van der Waals surface area contributed by atoms with E-state index in [1.807, 2.05) is 91.0 Å². The van der Waals surface area contributed by atoms with Gasteiger partial charge < -0.3 is 5.32 Å². The molecule has 2 nitrogen and oxygen atoms in total. The minimum absolute atomic E-state index is 0.318. The molecule has 3 aromatic carbocycles. The van der Waals surface area contributed by atoms with E-state index in [0.717, 1.165) is 16.7 Å². The van der Waals surface area contributed by atoms with Gasteiger partial charge in [-0.3, -0.25) is 4.79 Å². The molecule has 0 atom stereocenters. The summed E-state index contributed by atoms with van der Waals surface area (Å²) in [6.07, 6.45) is 0. The zero-order chi connectivity index (χ0) is 16.1. The van der Waals surface area contributed by atoms with Crippen molar-refractivity contribution in [3.05, 3.63) is 115 Å². The van der Waals surface area contributed by atoms with Gasteiger partial charge in [-0.2, -0.15) is 0 Å². The first-order valence-electron chi connectivity index (χ1n) is 7.54. The molecule has 0 spiro atoms. The average Bonchev–Trinajstić information content (AvgIpc) is 2.62. The number of carbonyl (C=O) groups excluding carboxylic acids is 1. The number of nitrogens with one attached hydrogen (secondary N) is 1. The van der Waals surface area contributed by atoms with E-state index in [4.69, 9.17) is 0 Å². The highest BCUT2D eigenvalue weighted by Crippen LogP contribution is 2.36. The Morgan fingerprint density at radius 3 is 1.22 bits per heavy atom. The SMILES string of the molecule is [CH2]C(=O)NC(c1ccccc1)(c1ccccc1)c1ccccc1.